The molecular formula is C9H10BrCl. The summed E-state index contributed by atoms with van der Waals surface area (Å²) in [5.41, 5.74) is 3.60. The maximum Gasteiger partial charge on any atom is 0.0582 e. The first-order valence-electron chi connectivity index (χ1n) is 3.46. The van der Waals surface area contributed by atoms with Gasteiger partial charge in [-0.2, -0.15) is 0 Å². The molecular weight excluding hydrogens is 223 g/mol. The molecule has 11 heavy (non-hydrogen) atoms. The topological polar surface area (TPSA) is 0 Å². The van der Waals surface area contributed by atoms with Crippen LogP contribution in [0.25, 0.3) is 0 Å². The molecule has 1 rings (SSSR count). The summed E-state index contributed by atoms with van der Waals surface area (Å²) in [5, 5.41) is 0.836. The summed E-state index contributed by atoms with van der Waals surface area (Å²) < 4.78 is 1.02. The Morgan fingerprint density at radius 1 is 1.18 bits per heavy atom. The van der Waals surface area contributed by atoms with E-state index in [1.165, 1.54) is 11.1 Å². The van der Waals surface area contributed by atoms with Crippen molar-refractivity contribution < 1.29 is 0 Å². The molecule has 60 valence electrons. The minimum absolute atomic E-state index is 0.836. The van der Waals surface area contributed by atoms with E-state index in [4.69, 9.17) is 11.6 Å². The zero-order chi connectivity index (χ0) is 8.59. The van der Waals surface area contributed by atoms with E-state index in [1.807, 2.05) is 13.8 Å². The van der Waals surface area contributed by atoms with E-state index in [-0.39, 0.29) is 0 Å². The maximum atomic E-state index is 6.04. The van der Waals surface area contributed by atoms with E-state index in [0.717, 1.165) is 15.1 Å². The average molecular weight is 234 g/mol. The lowest BCUT2D eigenvalue weighted by Gasteiger charge is -2.07. The molecule has 0 aliphatic heterocycles. The summed E-state index contributed by atoms with van der Waals surface area (Å²) in [6.45, 7) is 6.14. The van der Waals surface area contributed by atoms with Crippen molar-refractivity contribution in [3.05, 3.63) is 32.3 Å². The summed E-state index contributed by atoms with van der Waals surface area (Å²) >= 11 is 9.47. The number of rotatable bonds is 0. The Balaban J connectivity index is 3.46. The molecule has 0 aromatic heterocycles. The minimum Gasteiger partial charge on any atom is -0.0828 e. The van der Waals surface area contributed by atoms with Gasteiger partial charge in [-0.05, 0) is 53.4 Å². The summed E-state index contributed by atoms with van der Waals surface area (Å²) in [5.74, 6) is 0. The van der Waals surface area contributed by atoms with Gasteiger partial charge in [0.1, 0.15) is 0 Å². The smallest absolute Gasteiger partial charge is 0.0582 e. The number of halogens is 2. The van der Waals surface area contributed by atoms with Gasteiger partial charge in [0, 0.05) is 4.47 Å². The van der Waals surface area contributed by atoms with Crippen molar-refractivity contribution in [2.75, 3.05) is 0 Å². The third-order valence-electron chi connectivity index (χ3n) is 1.89. The predicted molar refractivity (Wildman–Crippen MR) is 53.4 cm³/mol. The van der Waals surface area contributed by atoms with Gasteiger partial charge in [-0.1, -0.05) is 17.7 Å². The first-order chi connectivity index (χ1) is 5.04. The van der Waals surface area contributed by atoms with Crippen LogP contribution in [0.1, 0.15) is 16.7 Å². The first-order valence-corrected chi connectivity index (χ1v) is 4.63. The Bertz CT molecular complexity index is 266. The Kier molecular flexibility index (Phi) is 2.61. The summed E-state index contributed by atoms with van der Waals surface area (Å²) in [4.78, 5) is 0. The highest BCUT2D eigenvalue weighted by atomic mass is 79.9. The van der Waals surface area contributed by atoms with Gasteiger partial charge in [0.05, 0.1) is 5.02 Å². The van der Waals surface area contributed by atoms with Crippen LogP contribution in [0.4, 0.5) is 0 Å². The van der Waals surface area contributed by atoms with Crippen LogP contribution in [0.2, 0.25) is 5.02 Å². The minimum atomic E-state index is 0.836. The quantitative estimate of drug-likeness (QED) is 0.635. The Labute approximate surface area is 80.7 Å². The maximum absolute atomic E-state index is 6.04. The standard InChI is InChI=1S/C9H10BrCl/c1-5-4-6(2)8(10)9(11)7(5)3/h4H,1-3H3. The molecule has 0 spiro atoms. The second-order valence-corrected chi connectivity index (χ2v) is 3.93. The highest BCUT2D eigenvalue weighted by Gasteiger charge is 2.05. The molecule has 0 bridgehead atoms. The molecule has 0 saturated heterocycles. The van der Waals surface area contributed by atoms with E-state index < -0.39 is 0 Å². The van der Waals surface area contributed by atoms with E-state index in [0.29, 0.717) is 0 Å². The van der Waals surface area contributed by atoms with Gasteiger partial charge >= 0.3 is 0 Å². The van der Waals surface area contributed by atoms with Crippen LogP contribution in [0, 0.1) is 20.8 Å². The largest absolute Gasteiger partial charge is 0.0828 e. The lowest BCUT2D eigenvalue weighted by atomic mass is 10.1. The van der Waals surface area contributed by atoms with Gasteiger partial charge in [-0.15, -0.1) is 0 Å². The molecule has 0 N–H and O–H groups in total. The van der Waals surface area contributed by atoms with Crippen molar-refractivity contribution in [3.63, 3.8) is 0 Å². The van der Waals surface area contributed by atoms with E-state index in [2.05, 4.69) is 28.9 Å². The number of benzene rings is 1. The molecule has 0 heterocycles. The molecule has 2 heteroatoms. The third-order valence-corrected chi connectivity index (χ3v) is 3.62. The van der Waals surface area contributed by atoms with Gasteiger partial charge in [0.2, 0.25) is 0 Å². The van der Waals surface area contributed by atoms with Crippen LogP contribution in [-0.4, -0.2) is 0 Å². The lowest BCUT2D eigenvalue weighted by molar-refractivity contribution is 1.28. The predicted octanol–water partition coefficient (Wildman–Crippen LogP) is 4.03. The molecule has 1 aromatic carbocycles. The van der Waals surface area contributed by atoms with Crippen molar-refractivity contribution >= 4 is 27.5 Å². The lowest BCUT2D eigenvalue weighted by Crippen LogP contribution is -1.86. The third kappa shape index (κ3) is 1.60. The molecule has 1 aromatic rings. The fraction of sp³-hybridized carbons (Fsp3) is 0.333. The van der Waals surface area contributed by atoms with Crippen molar-refractivity contribution in [2.24, 2.45) is 0 Å². The van der Waals surface area contributed by atoms with Gasteiger partial charge in [0.15, 0.2) is 0 Å². The Morgan fingerprint density at radius 3 is 2.27 bits per heavy atom. The molecule has 0 nitrogen and oxygen atoms in total. The van der Waals surface area contributed by atoms with Crippen LogP contribution < -0.4 is 0 Å². The molecule has 0 unspecified atom stereocenters. The van der Waals surface area contributed by atoms with Crippen LogP contribution in [-0.2, 0) is 0 Å². The summed E-state index contributed by atoms with van der Waals surface area (Å²) in [7, 11) is 0. The SMILES string of the molecule is Cc1cc(C)c(Br)c(Cl)c1C. The fourth-order valence-corrected chi connectivity index (χ4v) is 1.72. The average Bonchev–Trinajstić information content (AvgIpc) is 1.97. The van der Waals surface area contributed by atoms with Gasteiger partial charge < -0.3 is 0 Å². The van der Waals surface area contributed by atoms with Crippen molar-refractivity contribution in [2.45, 2.75) is 20.8 Å². The fourth-order valence-electron chi connectivity index (χ4n) is 1.01. The Morgan fingerprint density at radius 2 is 1.73 bits per heavy atom. The van der Waals surface area contributed by atoms with E-state index >= 15 is 0 Å². The van der Waals surface area contributed by atoms with Crippen LogP contribution in [0.5, 0.6) is 0 Å². The van der Waals surface area contributed by atoms with Crippen molar-refractivity contribution in [3.8, 4) is 0 Å². The second kappa shape index (κ2) is 3.16. The molecule has 0 fully saturated rings. The number of aryl methyl sites for hydroxylation is 2. The summed E-state index contributed by atoms with van der Waals surface area (Å²) in [6.07, 6.45) is 0. The van der Waals surface area contributed by atoms with Gasteiger partial charge in [0.25, 0.3) is 0 Å². The van der Waals surface area contributed by atoms with E-state index in [9.17, 15) is 0 Å². The molecule has 0 atom stereocenters. The van der Waals surface area contributed by atoms with Gasteiger partial charge in [-0.25, -0.2) is 0 Å². The number of hydrogen-bond donors (Lipinski definition) is 0. The van der Waals surface area contributed by atoms with Crippen LogP contribution in [0.3, 0.4) is 0 Å². The molecule has 0 radical (unpaired) electrons. The zero-order valence-corrected chi connectivity index (χ0v) is 9.18. The van der Waals surface area contributed by atoms with Gasteiger partial charge in [-0.3, -0.25) is 0 Å². The highest BCUT2D eigenvalue weighted by Crippen LogP contribution is 2.31. The second-order valence-electron chi connectivity index (χ2n) is 2.76. The monoisotopic (exact) mass is 232 g/mol. The number of hydrogen-bond acceptors (Lipinski definition) is 0. The first kappa shape index (κ1) is 9.08. The molecule has 0 amide bonds. The van der Waals surface area contributed by atoms with Crippen LogP contribution in [0.15, 0.2) is 10.5 Å². The normalized spacial score (nSPS) is 10.3. The highest BCUT2D eigenvalue weighted by molar-refractivity contribution is 9.10. The Hall–Kier alpha value is -0.0100. The summed E-state index contributed by atoms with van der Waals surface area (Å²) in [6, 6.07) is 2.13. The molecule has 0 aliphatic rings. The molecule has 0 aliphatic carbocycles. The van der Waals surface area contributed by atoms with E-state index in [1.54, 1.807) is 0 Å². The van der Waals surface area contributed by atoms with Crippen LogP contribution >= 0.6 is 27.5 Å². The molecule has 0 saturated carbocycles. The zero-order valence-electron chi connectivity index (χ0n) is 6.83. The van der Waals surface area contributed by atoms with Crippen molar-refractivity contribution in [1.82, 2.24) is 0 Å². The van der Waals surface area contributed by atoms with Crippen molar-refractivity contribution in [1.29, 1.82) is 0 Å².